The third-order valence-corrected chi connectivity index (χ3v) is 3.79. The second kappa shape index (κ2) is 5.44. The third kappa shape index (κ3) is 3.15. The summed E-state index contributed by atoms with van der Waals surface area (Å²) in [5.41, 5.74) is 1.46. The number of benzene rings is 1. The van der Waals surface area contributed by atoms with Crippen LogP contribution in [0.2, 0.25) is 0 Å². The van der Waals surface area contributed by atoms with Gasteiger partial charge >= 0.3 is 0 Å². The van der Waals surface area contributed by atoms with Crippen LogP contribution >= 0.6 is 27.3 Å². The molecule has 2 rings (SSSR count). The Bertz CT molecular complexity index is 539. The molecule has 1 heterocycles. The Hall–Kier alpha value is -1.17. The first-order chi connectivity index (χ1) is 8.19. The number of aliphatic hydroxyl groups excluding tert-OH is 1. The molecule has 2 N–H and O–H groups in total. The van der Waals surface area contributed by atoms with Gasteiger partial charge in [-0.05, 0) is 45.8 Å². The van der Waals surface area contributed by atoms with Crippen molar-refractivity contribution in [1.82, 2.24) is 0 Å². The number of anilines is 1. The van der Waals surface area contributed by atoms with Crippen molar-refractivity contribution in [2.45, 2.75) is 6.61 Å². The molecule has 0 bridgehead atoms. The molecule has 0 atom stereocenters. The van der Waals surface area contributed by atoms with Crippen molar-refractivity contribution in [2.75, 3.05) is 5.32 Å². The highest BCUT2D eigenvalue weighted by molar-refractivity contribution is 9.11. The number of carbonyl (C=O) groups excluding carboxylic acids is 1. The van der Waals surface area contributed by atoms with E-state index in [1.54, 1.807) is 30.3 Å². The number of halogens is 1. The Morgan fingerprint density at radius 3 is 2.82 bits per heavy atom. The summed E-state index contributed by atoms with van der Waals surface area (Å²) in [5.74, 6) is -0.143. The SMILES string of the molecule is O=C(Nc1cccc(CO)c1)c1ccc(Br)s1. The summed E-state index contributed by atoms with van der Waals surface area (Å²) in [7, 11) is 0. The number of nitrogens with one attached hydrogen (secondary N) is 1. The van der Waals surface area contributed by atoms with E-state index in [-0.39, 0.29) is 12.5 Å². The molecule has 1 aromatic carbocycles. The lowest BCUT2D eigenvalue weighted by Crippen LogP contribution is -2.10. The quantitative estimate of drug-likeness (QED) is 0.914. The molecule has 0 aliphatic rings. The zero-order valence-corrected chi connectivity index (χ0v) is 11.2. The highest BCUT2D eigenvalue weighted by atomic mass is 79.9. The molecule has 0 saturated heterocycles. The maximum Gasteiger partial charge on any atom is 0.265 e. The molecule has 1 amide bonds. The smallest absolute Gasteiger partial charge is 0.265 e. The van der Waals surface area contributed by atoms with Crippen LogP contribution in [0, 0.1) is 0 Å². The van der Waals surface area contributed by atoms with Crippen LogP contribution in [0.3, 0.4) is 0 Å². The Labute approximate surface area is 111 Å². The van der Waals surface area contributed by atoms with Gasteiger partial charge < -0.3 is 10.4 Å². The lowest BCUT2D eigenvalue weighted by molar-refractivity contribution is 0.103. The van der Waals surface area contributed by atoms with Crippen LogP contribution in [0.25, 0.3) is 0 Å². The predicted octanol–water partition coefficient (Wildman–Crippen LogP) is 3.26. The van der Waals surface area contributed by atoms with Crippen LogP contribution in [-0.4, -0.2) is 11.0 Å². The molecule has 0 unspecified atom stereocenters. The van der Waals surface area contributed by atoms with Gasteiger partial charge in [0.05, 0.1) is 15.3 Å². The number of carbonyl (C=O) groups is 1. The minimum Gasteiger partial charge on any atom is -0.392 e. The molecule has 2 aromatic rings. The van der Waals surface area contributed by atoms with Gasteiger partial charge in [0.2, 0.25) is 0 Å². The molecule has 0 saturated carbocycles. The van der Waals surface area contributed by atoms with Crippen LogP contribution in [0.5, 0.6) is 0 Å². The van der Waals surface area contributed by atoms with Crippen LogP contribution in [-0.2, 0) is 6.61 Å². The summed E-state index contributed by atoms with van der Waals surface area (Å²) < 4.78 is 0.923. The first kappa shape index (κ1) is 12.3. The molecule has 5 heteroatoms. The fourth-order valence-corrected chi connectivity index (χ4v) is 2.66. The Kier molecular flexibility index (Phi) is 3.93. The van der Waals surface area contributed by atoms with Gasteiger partial charge in [-0.1, -0.05) is 12.1 Å². The Balaban J connectivity index is 2.12. The van der Waals surface area contributed by atoms with Crippen LogP contribution < -0.4 is 5.32 Å². The average molecular weight is 312 g/mol. The van der Waals surface area contributed by atoms with E-state index in [0.717, 1.165) is 9.35 Å². The summed E-state index contributed by atoms with van der Waals surface area (Å²) in [6, 6.07) is 10.7. The van der Waals surface area contributed by atoms with Gasteiger partial charge in [0, 0.05) is 5.69 Å². The summed E-state index contributed by atoms with van der Waals surface area (Å²) in [6.07, 6.45) is 0. The topological polar surface area (TPSA) is 49.3 Å². The highest BCUT2D eigenvalue weighted by Gasteiger charge is 2.08. The predicted molar refractivity (Wildman–Crippen MR) is 72.3 cm³/mol. The van der Waals surface area contributed by atoms with E-state index in [4.69, 9.17) is 5.11 Å². The Morgan fingerprint density at radius 1 is 1.35 bits per heavy atom. The largest absolute Gasteiger partial charge is 0.392 e. The molecule has 0 aliphatic carbocycles. The first-order valence-corrected chi connectivity index (χ1v) is 6.56. The molecular weight excluding hydrogens is 302 g/mol. The summed E-state index contributed by atoms with van der Waals surface area (Å²) in [4.78, 5) is 12.5. The van der Waals surface area contributed by atoms with E-state index in [0.29, 0.717) is 10.6 Å². The molecule has 88 valence electrons. The summed E-state index contributed by atoms with van der Waals surface area (Å²) >= 11 is 4.69. The van der Waals surface area contributed by atoms with Crippen molar-refractivity contribution >= 4 is 38.9 Å². The van der Waals surface area contributed by atoms with Crippen LogP contribution in [0.1, 0.15) is 15.2 Å². The standard InChI is InChI=1S/C12H10BrNO2S/c13-11-5-4-10(17-11)12(16)14-9-3-1-2-8(6-9)7-15/h1-6,15H,7H2,(H,14,16). The summed E-state index contributed by atoms with van der Waals surface area (Å²) in [6.45, 7) is -0.0335. The van der Waals surface area contributed by atoms with E-state index < -0.39 is 0 Å². The molecular formula is C12H10BrNO2S. The van der Waals surface area contributed by atoms with Crippen molar-refractivity contribution in [2.24, 2.45) is 0 Å². The van der Waals surface area contributed by atoms with Crippen LogP contribution in [0.15, 0.2) is 40.2 Å². The fourth-order valence-electron chi connectivity index (χ4n) is 1.38. The molecule has 0 fully saturated rings. The van der Waals surface area contributed by atoms with Gasteiger partial charge in [-0.25, -0.2) is 0 Å². The van der Waals surface area contributed by atoms with Gasteiger partial charge in [-0.2, -0.15) is 0 Å². The highest BCUT2D eigenvalue weighted by Crippen LogP contribution is 2.23. The maximum atomic E-state index is 11.8. The normalized spacial score (nSPS) is 10.2. The van der Waals surface area contributed by atoms with E-state index in [1.807, 2.05) is 6.07 Å². The van der Waals surface area contributed by atoms with E-state index in [1.165, 1.54) is 11.3 Å². The number of hydrogen-bond acceptors (Lipinski definition) is 3. The molecule has 17 heavy (non-hydrogen) atoms. The molecule has 3 nitrogen and oxygen atoms in total. The van der Waals surface area contributed by atoms with Crippen molar-refractivity contribution in [3.63, 3.8) is 0 Å². The van der Waals surface area contributed by atoms with Gasteiger partial charge in [0.15, 0.2) is 0 Å². The van der Waals surface area contributed by atoms with Crippen LogP contribution in [0.4, 0.5) is 5.69 Å². The molecule has 0 radical (unpaired) electrons. The van der Waals surface area contributed by atoms with E-state index in [9.17, 15) is 4.79 Å². The number of rotatable bonds is 3. The van der Waals surface area contributed by atoms with Gasteiger partial charge in [0.25, 0.3) is 5.91 Å². The maximum absolute atomic E-state index is 11.8. The Morgan fingerprint density at radius 2 is 2.18 bits per heavy atom. The average Bonchev–Trinajstić information content (AvgIpc) is 2.76. The molecule has 0 spiro atoms. The lowest BCUT2D eigenvalue weighted by atomic mass is 10.2. The third-order valence-electron chi connectivity index (χ3n) is 2.16. The number of hydrogen-bond donors (Lipinski definition) is 2. The second-order valence-corrected chi connectivity index (χ2v) is 5.88. The minimum absolute atomic E-state index is 0.0335. The van der Waals surface area contributed by atoms with Gasteiger partial charge in [-0.15, -0.1) is 11.3 Å². The van der Waals surface area contributed by atoms with Crippen molar-refractivity contribution in [3.8, 4) is 0 Å². The van der Waals surface area contributed by atoms with Gasteiger partial charge in [0.1, 0.15) is 0 Å². The van der Waals surface area contributed by atoms with Crippen molar-refractivity contribution in [3.05, 3.63) is 50.6 Å². The second-order valence-electron chi connectivity index (χ2n) is 3.42. The lowest BCUT2D eigenvalue weighted by Gasteiger charge is -2.04. The van der Waals surface area contributed by atoms with Crippen molar-refractivity contribution in [1.29, 1.82) is 0 Å². The number of thiophene rings is 1. The van der Waals surface area contributed by atoms with E-state index in [2.05, 4.69) is 21.2 Å². The minimum atomic E-state index is -0.143. The fraction of sp³-hybridized carbons (Fsp3) is 0.0833. The van der Waals surface area contributed by atoms with Gasteiger partial charge in [-0.3, -0.25) is 4.79 Å². The molecule has 1 aromatic heterocycles. The number of amides is 1. The summed E-state index contributed by atoms with van der Waals surface area (Å²) in [5, 5.41) is 11.8. The number of aliphatic hydroxyl groups is 1. The monoisotopic (exact) mass is 311 g/mol. The zero-order chi connectivity index (χ0) is 12.3. The zero-order valence-electron chi connectivity index (χ0n) is 8.81. The molecule has 0 aliphatic heterocycles. The van der Waals surface area contributed by atoms with E-state index >= 15 is 0 Å². The first-order valence-electron chi connectivity index (χ1n) is 4.95. The van der Waals surface area contributed by atoms with Crippen molar-refractivity contribution < 1.29 is 9.90 Å².